The standard InChI is InChI=1S/C11H22N2O4/c1-16-4-5-17-8-10(14)7-12-9-2-3-11(15)13-6-9/h9-10,12,14H,2-8H2,1H3,(H,13,15). The van der Waals surface area contributed by atoms with Gasteiger partial charge in [-0.05, 0) is 6.42 Å². The van der Waals surface area contributed by atoms with Gasteiger partial charge in [0.25, 0.3) is 0 Å². The van der Waals surface area contributed by atoms with Crippen molar-refractivity contribution in [3.05, 3.63) is 0 Å². The largest absolute Gasteiger partial charge is 0.389 e. The highest BCUT2D eigenvalue weighted by atomic mass is 16.5. The van der Waals surface area contributed by atoms with Gasteiger partial charge in [-0.3, -0.25) is 4.79 Å². The summed E-state index contributed by atoms with van der Waals surface area (Å²) < 4.78 is 10.0. The van der Waals surface area contributed by atoms with Crippen LogP contribution in [0.3, 0.4) is 0 Å². The van der Waals surface area contributed by atoms with Crippen molar-refractivity contribution in [2.45, 2.75) is 25.0 Å². The number of amides is 1. The minimum Gasteiger partial charge on any atom is -0.389 e. The first-order chi connectivity index (χ1) is 8.22. The molecular formula is C11H22N2O4. The van der Waals surface area contributed by atoms with E-state index in [2.05, 4.69) is 10.6 Å². The van der Waals surface area contributed by atoms with Crippen molar-refractivity contribution < 1.29 is 19.4 Å². The van der Waals surface area contributed by atoms with Crippen LogP contribution in [-0.4, -0.2) is 63.2 Å². The minimum absolute atomic E-state index is 0.103. The Morgan fingerprint density at radius 3 is 3.06 bits per heavy atom. The molecule has 1 fully saturated rings. The van der Waals surface area contributed by atoms with Gasteiger partial charge in [0.15, 0.2) is 0 Å². The van der Waals surface area contributed by atoms with Crippen LogP contribution in [0.5, 0.6) is 0 Å². The van der Waals surface area contributed by atoms with Gasteiger partial charge in [0, 0.05) is 32.7 Å². The number of hydrogen-bond acceptors (Lipinski definition) is 5. The van der Waals surface area contributed by atoms with E-state index in [0.717, 1.165) is 6.42 Å². The van der Waals surface area contributed by atoms with E-state index in [9.17, 15) is 9.90 Å². The molecule has 1 aliphatic rings. The van der Waals surface area contributed by atoms with Gasteiger partial charge in [0.1, 0.15) is 0 Å². The Balaban J connectivity index is 1.99. The van der Waals surface area contributed by atoms with E-state index in [4.69, 9.17) is 9.47 Å². The zero-order chi connectivity index (χ0) is 12.5. The van der Waals surface area contributed by atoms with E-state index in [0.29, 0.717) is 39.3 Å². The van der Waals surface area contributed by atoms with E-state index in [1.807, 2.05) is 0 Å². The summed E-state index contributed by atoms with van der Waals surface area (Å²) in [7, 11) is 1.61. The number of aliphatic hydroxyl groups excluding tert-OH is 1. The molecule has 2 atom stereocenters. The fourth-order valence-electron chi connectivity index (χ4n) is 1.63. The Hall–Kier alpha value is -0.690. The first kappa shape index (κ1) is 14.4. The summed E-state index contributed by atoms with van der Waals surface area (Å²) in [5.41, 5.74) is 0. The second-order valence-electron chi connectivity index (χ2n) is 4.17. The van der Waals surface area contributed by atoms with E-state index < -0.39 is 6.10 Å². The molecule has 17 heavy (non-hydrogen) atoms. The molecule has 1 rings (SSSR count). The van der Waals surface area contributed by atoms with Crippen molar-refractivity contribution in [2.24, 2.45) is 0 Å². The van der Waals surface area contributed by atoms with Crippen molar-refractivity contribution in [1.82, 2.24) is 10.6 Å². The third-order valence-electron chi connectivity index (χ3n) is 2.65. The maximum absolute atomic E-state index is 10.9. The first-order valence-electron chi connectivity index (χ1n) is 5.97. The predicted molar refractivity (Wildman–Crippen MR) is 62.7 cm³/mol. The quantitative estimate of drug-likeness (QED) is 0.473. The number of hydrogen-bond donors (Lipinski definition) is 3. The third-order valence-corrected chi connectivity index (χ3v) is 2.65. The van der Waals surface area contributed by atoms with Crippen LogP contribution < -0.4 is 10.6 Å². The zero-order valence-corrected chi connectivity index (χ0v) is 10.3. The van der Waals surface area contributed by atoms with Crippen molar-refractivity contribution in [3.63, 3.8) is 0 Å². The molecule has 0 radical (unpaired) electrons. The molecule has 6 heteroatoms. The average Bonchev–Trinajstić information content (AvgIpc) is 2.34. The van der Waals surface area contributed by atoms with Crippen molar-refractivity contribution >= 4 is 5.91 Å². The SMILES string of the molecule is COCCOCC(O)CNC1CCC(=O)NC1. The highest BCUT2D eigenvalue weighted by Crippen LogP contribution is 2.02. The Labute approximate surface area is 102 Å². The Bertz CT molecular complexity index is 216. The molecule has 0 spiro atoms. The number of aliphatic hydroxyl groups is 1. The maximum atomic E-state index is 10.9. The van der Waals surface area contributed by atoms with Crippen LogP contribution in [0.15, 0.2) is 0 Å². The Morgan fingerprint density at radius 1 is 1.59 bits per heavy atom. The second-order valence-corrected chi connectivity index (χ2v) is 4.17. The van der Waals surface area contributed by atoms with Crippen molar-refractivity contribution in [1.29, 1.82) is 0 Å². The lowest BCUT2D eigenvalue weighted by molar-refractivity contribution is -0.122. The molecular weight excluding hydrogens is 224 g/mol. The summed E-state index contributed by atoms with van der Waals surface area (Å²) in [6.45, 7) is 2.45. The molecule has 0 bridgehead atoms. The Morgan fingerprint density at radius 2 is 2.41 bits per heavy atom. The topological polar surface area (TPSA) is 79.8 Å². The molecule has 0 aromatic heterocycles. The third kappa shape index (κ3) is 6.58. The van der Waals surface area contributed by atoms with E-state index >= 15 is 0 Å². The summed E-state index contributed by atoms with van der Waals surface area (Å²) in [5, 5.41) is 15.6. The first-order valence-corrected chi connectivity index (χ1v) is 5.97. The number of rotatable bonds is 8. The molecule has 100 valence electrons. The fourth-order valence-corrected chi connectivity index (χ4v) is 1.63. The van der Waals surface area contributed by atoms with Gasteiger partial charge in [0.2, 0.25) is 5.91 Å². The average molecular weight is 246 g/mol. The highest BCUT2D eigenvalue weighted by molar-refractivity contribution is 5.76. The molecule has 2 unspecified atom stereocenters. The van der Waals surface area contributed by atoms with Gasteiger partial charge in [-0.2, -0.15) is 0 Å². The summed E-state index contributed by atoms with van der Waals surface area (Å²) in [5.74, 6) is 0.103. The lowest BCUT2D eigenvalue weighted by Crippen LogP contribution is -2.48. The molecule has 0 aromatic carbocycles. The molecule has 0 aliphatic carbocycles. The smallest absolute Gasteiger partial charge is 0.220 e. The molecule has 1 aliphatic heterocycles. The van der Waals surface area contributed by atoms with Gasteiger partial charge >= 0.3 is 0 Å². The predicted octanol–water partition coefficient (Wildman–Crippen LogP) is -1.12. The van der Waals surface area contributed by atoms with Gasteiger partial charge in [-0.15, -0.1) is 0 Å². The van der Waals surface area contributed by atoms with Crippen LogP contribution in [-0.2, 0) is 14.3 Å². The van der Waals surface area contributed by atoms with Crippen molar-refractivity contribution in [2.75, 3.05) is 40.0 Å². The molecule has 6 nitrogen and oxygen atoms in total. The van der Waals surface area contributed by atoms with Crippen molar-refractivity contribution in [3.8, 4) is 0 Å². The minimum atomic E-state index is -0.524. The van der Waals surface area contributed by atoms with E-state index in [1.54, 1.807) is 7.11 Å². The Kier molecular flexibility index (Phi) is 7.11. The van der Waals surface area contributed by atoms with Gasteiger partial charge in [-0.25, -0.2) is 0 Å². The fraction of sp³-hybridized carbons (Fsp3) is 0.909. The van der Waals surface area contributed by atoms with Gasteiger partial charge < -0.3 is 25.2 Å². The summed E-state index contributed by atoms with van der Waals surface area (Å²) >= 11 is 0. The van der Waals surface area contributed by atoms with Crippen LogP contribution in [0.25, 0.3) is 0 Å². The summed E-state index contributed by atoms with van der Waals surface area (Å²) in [4.78, 5) is 10.9. The van der Waals surface area contributed by atoms with Crippen LogP contribution in [0, 0.1) is 0 Å². The second kappa shape index (κ2) is 8.41. The number of methoxy groups -OCH3 is 1. The van der Waals surface area contributed by atoms with Gasteiger partial charge in [-0.1, -0.05) is 0 Å². The van der Waals surface area contributed by atoms with E-state index in [-0.39, 0.29) is 11.9 Å². The maximum Gasteiger partial charge on any atom is 0.220 e. The lowest BCUT2D eigenvalue weighted by Gasteiger charge is -2.24. The summed E-state index contributed by atoms with van der Waals surface area (Å²) in [6, 6.07) is 0.251. The highest BCUT2D eigenvalue weighted by Gasteiger charge is 2.18. The molecule has 1 heterocycles. The number of carbonyl (C=O) groups is 1. The molecule has 1 amide bonds. The number of piperidine rings is 1. The van der Waals surface area contributed by atoms with E-state index in [1.165, 1.54) is 0 Å². The monoisotopic (exact) mass is 246 g/mol. The molecule has 1 saturated heterocycles. The summed E-state index contributed by atoms with van der Waals surface area (Å²) in [6.07, 6.45) is 0.853. The molecule has 3 N–H and O–H groups in total. The van der Waals surface area contributed by atoms with Crippen LogP contribution in [0.1, 0.15) is 12.8 Å². The lowest BCUT2D eigenvalue weighted by atomic mass is 10.1. The molecule has 0 aromatic rings. The normalized spacial score (nSPS) is 22.2. The number of carbonyl (C=O) groups excluding carboxylic acids is 1. The molecule has 0 saturated carbocycles. The number of ether oxygens (including phenoxy) is 2. The van der Waals surface area contributed by atoms with Gasteiger partial charge in [0.05, 0.1) is 25.9 Å². The van der Waals surface area contributed by atoms with Crippen LogP contribution in [0.2, 0.25) is 0 Å². The van der Waals surface area contributed by atoms with Crippen LogP contribution >= 0.6 is 0 Å². The number of nitrogens with one attached hydrogen (secondary N) is 2. The van der Waals surface area contributed by atoms with Crippen LogP contribution in [0.4, 0.5) is 0 Å². The zero-order valence-electron chi connectivity index (χ0n) is 10.3.